The molecule has 5 heteroatoms. The van der Waals surface area contributed by atoms with Gasteiger partial charge in [0.2, 0.25) is 11.9 Å². The van der Waals surface area contributed by atoms with Crippen LogP contribution in [0, 0.1) is 5.92 Å². The van der Waals surface area contributed by atoms with Crippen molar-refractivity contribution in [2.24, 2.45) is 5.92 Å². The third-order valence-corrected chi connectivity index (χ3v) is 4.83. The molecular formula is C17H26N4O. The Kier molecular flexibility index (Phi) is 5.24. The smallest absolute Gasteiger partial charge is 0.225 e. The van der Waals surface area contributed by atoms with Gasteiger partial charge in [0, 0.05) is 31.5 Å². The van der Waals surface area contributed by atoms with Crippen molar-refractivity contribution < 1.29 is 4.79 Å². The van der Waals surface area contributed by atoms with Crippen LogP contribution in [0.4, 0.5) is 5.95 Å². The molecule has 22 heavy (non-hydrogen) atoms. The van der Waals surface area contributed by atoms with Crippen molar-refractivity contribution in [1.29, 1.82) is 0 Å². The van der Waals surface area contributed by atoms with Crippen LogP contribution in [0.15, 0.2) is 18.5 Å². The first-order chi connectivity index (χ1) is 10.8. The summed E-state index contributed by atoms with van der Waals surface area (Å²) in [5.74, 6) is 1.04. The number of carbonyl (C=O) groups is 1. The fourth-order valence-corrected chi connectivity index (χ4v) is 3.57. The Morgan fingerprint density at radius 1 is 1.05 bits per heavy atom. The first-order valence-electron chi connectivity index (χ1n) is 8.65. The molecule has 2 aliphatic rings. The number of hydrogen-bond acceptors (Lipinski definition) is 4. The number of piperidine rings is 1. The van der Waals surface area contributed by atoms with E-state index >= 15 is 0 Å². The molecule has 0 radical (unpaired) electrons. The van der Waals surface area contributed by atoms with Crippen molar-refractivity contribution >= 4 is 11.9 Å². The molecule has 1 aromatic heterocycles. The monoisotopic (exact) mass is 302 g/mol. The van der Waals surface area contributed by atoms with Gasteiger partial charge in [-0.25, -0.2) is 9.97 Å². The lowest BCUT2D eigenvalue weighted by molar-refractivity contribution is -0.126. The molecule has 5 nitrogen and oxygen atoms in total. The average molecular weight is 302 g/mol. The molecule has 2 fully saturated rings. The normalized spacial score (nSPS) is 23.8. The van der Waals surface area contributed by atoms with Gasteiger partial charge in [-0.2, -0.15) is 0 Å². The summed E-state index contributed by atoms with van der Waals surface area (Å²) in [5.41, 5.74) is 0. The zero-order valence-corrected chi connectivity index (χ0v) is 13.2. The van der Waals surface area contributed by atoms with Gasteiger partial charge in [-0.3, -0.25) is 4.79 Å². The fourth-order valence-electron chi connectivity index (χ4n) is 3.57. The summed E-state index contributed by atoms with van der Waals surface area (Å²) in [6.45, 7) is 1.68. The second-order valence-electron chi connectivity index (χ2n) is 6.53. The molecule has 1 saturated heterocycles. The largest absolute Gasteiger partial charge is 0.353 e. The van der Waals surface area contributed by atoms with Crippen LogP contribution in [-0.4, -0.2) is 35.0 Å². The van der Waals surface area contributed by atoms with E-state index in [9.17, 15) is 4.79 Å². The van der Waals surface area contributed by atoms with Crippen LogP contribution in [0.5, 0.6) is 0 Å². The summed E-state index contributed by atoms with van der Waals surface area (Å²) in [6.07, 6.45) is 12.9. The molecule has 1 aliphatic carbocycles. The highest BCUT2D eigenvalue weighted by Crippen LogP contribution is 2.22. The molecule has 3 rings (SSSR count). The van der Waals surface area contributed by atoms with E-state index in [1.54, 1.807) is 12.4 Å². The molecule has 1 atom stereocenters. The third-order valence-electron chi connectivity index (χ3n) is 4.83. The molecule has 1 N–H and O–H groups in total. The number of hydrogen-bond donors (Lipinski definition) is 1. The van der Waals surface area contributed by atoms with E-state index in [4.69, 9.17) is 0 Å². The van der Waals surface area contributed by atoms with E-state index in [1.165, 1.54) is 25.7 Å². The molecule has 0 aromatic carbocycles. The van der Waals surface area contributed by atoms with Crippen molar-refractivity contribution in [3.05, 3.63) is 18.5 Å². The fraction of sp³-hybridized carbons (Fsp3) is 0.706. The predicted octanol–water partition coefficient (Wildman–Crippen LogP) is 2.53. The molecule has 1 aromatic rings. The van der Waals surface area contributed by atoms with Crippen molar-refractivity contribution in [3.8, 4) is 0 Å². The maximum Gasteiger partial charge on any atom is 0.225 e. The number of anilines is 1. The van der Waals surface area contributed by atoms with E-state index < -0.39 is 0 Å². The maximum atomic E-state index is 12.6. The van der Waals surface area contributed by atoms with E-state index in [0.29, 0.717) is 6.04 Å². The predicted molar refractivity (Wildman–Crippen MR) is 86.6 cm³/mol. The Hall–Kier alpha value is -1.65. The Morgan fingerprint density at radius 3 is 2.50 bits per heavy atom. The second-order valence-corrected chi connectivity index (χ2v) is 6.53. The van der Waals surface area contributed by atoms with E-state index in [-0.39, 0.29) is 11.8 Å². The van der Waals surface area contributed by atoms with Crippen LogP contribution >= 0.6 is 0 Å². The summed E-state index contributed by atoms with van der Waals surface area (Å²) in [4.78, 5) is 23.3. The van der Waals surface area contributed by atoms with Crippen molar-refractivity contribution in [2.45, 2.75) is 57.4 Å². The molecule has 1 aliphatic heterocycles. The van der Waals surface area contributed by atoms with Crippen molar-refractivity contribution in [2.75, 3.05) is 18.0 Å². The van der Waals surface area contributed by atoms with Gasteiger partial charge in [0.15, 0.2) is 0 Å². The lowest BCUT2D eigenvalue weighted by Gasteiger charge is -2.32. The molecule has 0 bridgehead atoms. The Labute approximate surface area is 132 Å². The van der Waals surface area contributed by atoms with Crippen LogP contribution in [0.2, 0.25) is 0 Å². The van der Waals surface area contributed by atoms with Gasteiger partial charge in [0.05, 0.1) is 5.92 Å². The van der Waals surface area contributed by atoms with Gasteiger partial charge >= 0.3 is 0 Å². The molecule has 0 spiro atoms. The number of nitrogens with zero attached hydrogens (tertiary/aromatic N) is 3. The third kappa shape index (κ3) is 3.96. The minimum Gasteiger partial charge on any atom is -0.353 e. The topological polar surface area (TPSA) is 58.1 Å². The quantitative estimate of drug-likeness (QED) is 0.872. The minimum absolute atomic E-state index is 0.0702. The minimum atomic E-state index is 0.0702. The first-order valence-corrected chi connectivity index (χ1v) is 8.65. The van der Waals surface area contributed by atoms with Gasteiger partial charge in [-0.15, -0.1) is 0 Å². The Balaban J connectivity index is 1.55. The molecule has 120 valence electrons. The zero-order valence-electron chi connectivity index (χ0n) is 13.2. The number of amides is 1. The molecule has 2 heterocycles. The summed E-state index contributed by atoms with van der Waals surface area (Å²) in [5, 5.41) is 3.29. The van der Waals surface area contributed by atoms with E-state index in [1.807, 2.05) is 6.07 Å². The Morgan fingerprint density at radius 2 is 1.77 bits per heavy atom. The number of carbonyl (C=O) groups excluding carboxylic acids is 1. The lowest BCUT2D eigenvalue weighted by Crippen LogP contribution is -2.46. The summed E-state index contributed by atoms with van der Waals surface area (Å²) in [7, 11) is 0. The van der Waals surface area contributed by atoms with Crippen molar-refractivity contribution in [1.82, 2.24) is 15.3 Å². The average Bonchev–Trinajstić information content (AvgIpc) is 2.84. The summed E-state index contributed by atoms with van der Waals surface area (Å²) < 4.78 is 0. The standard InChI is InChI=1S/C17H26N4O/c22-16(20-15-8-3-1-2-4-9-15)14-7-5-12-21(13-14)17-18-10-6-11-19-17/h6,10-11,14-15H,1-5,7-9,12-13H2,(H,20,22)/t14-/m1/s1. The van der Waals surface area contributed by atoms with Crippen LogP contribution in [0.25, 0.3) is 0 Å². The van der Waals surface area contributed by atoms with E-state index in [0.717, 1.165) is 44.7 Å². The van der Waals surface area contributed by atoms with Gasteiger partial charge in [0.25, 0.3) is 0 Å². The van der Waals surface area contributed by atoms with Crippen LogP contribution in [0.3, 0.4) is 0 Å². The van der Waals surface area contributed by atoms with Gasteiger partial charge in [-0.1, -0.05) is 25.7 Å². The van der Waals surface area contributed by atoms with Gasteiger partial charge < -0.3 is 10.2 Å². The van der Waals surface area contributed by atoms with Crippen LogP contribution < -0.4 is 10.2 Å². The van der Waals surface area contributed by atoms with Crippen LogP contribution in [-0.2, 0) is 4.79 Å². The highest BCUT2D eigenvalue weighted by atomic mass is 16.2. The molecular weight excluding hydrogens is 276 g/mol. The molecule has 1 amide bonds. The number of aromatic nitrogens is 2. The van der Waals surface area contributed by atoms with Gasteiger partial charge in [0.1, 0.15) is 0 Å². The van der Waals surface area contributed by atoms with Gasteiger partial charge in [-0.05, 0) is 31.7 Å². The summed E-state index contributed by atoms with van der Waals surface area (Å²) >= 11 is 0. The number of nitrogens with one attached hydrogen (secondary N) is 1. The Bertz CT molecular complexity index is 471. The highest BCUT2D eigenvalue weighted by Gasteiger charge is 2.28. The van der Waals surface area contributed by atoms with Crippen LogP contribution in [0.1, 0.15) is 51.4 Å². The van der Waals surface area contributed by atoms with Crippen molar-refractivity contribution in [3.63, 3.8) is 0 Å². The lowest BCUT2D eigenvalue weighted by atomic mass is 9.96. The first kappa shape index (κ1) is 15.3. The molecule has 0 unspecified atom stereocenters. The maximum absolute atomic E-state index is 12.6. The molecule has 1 saturated carbocycles. The second kappa shape index (κ2) is 7.56. The number of rotatable bonds is 3. The van der Waals surface area contributed by atoms with E-state index in [2.05, 4.69) is 20.2 Å². The summed E-state index contributed by atoms with van der Waals surface area (Å²) in [6, 6.07) is 2.21. The zero-order chi connectivity index (χ0) is 15.2. The highest BCUT2D eigenvalue weighted by molar-refractivity contribution is 5.79. The SMILES string of the molecule is O=C(NC1CCCCCC1)[C@@H]1CCCN(c2ncccn2)C1.